The molecule has 2 N–H and O–H groups in total. The summed E-state index contributed by atoms with van der Waals surface area (Å²) in [4.78, 5) is 12.5. The molecule has 162 valence electrons. The molecule has 0 aliphatic rings. The second-order valence-electron chi connectivity index (χ2n) is 6.56. The monoisotopic (exact) mass is 450 g/mol. The number of anilines is 2. The summed E-state index contributed by atoms with van der Waals surface area (Å²) in [7, 11) is -3.47. The van der Waals surface area contributed by atoms with E-state index >= 15 is 0 Å². The lowest BCUT2D eigenvalue weighted by Gasteiger charge is -2.11. The topological polar surface area (TPSA) is 84.5 Å². The van der Waals surface area contributed by atoms with E-state index in [0.717, 1.165) is 18.4 Å². The van der Waals surface area contributed by atoms with Gasteiger partial charge in [-0.15, -0.1) is 0 Å². The van der Waals surface area contributed by atoms with Crippen LogP contribution < -0.4 is 14.8 Å². The number of benzene rings is 3. The number of carbonyl (C=O) groups excluding carboxylic acids is 1. The molecule has 6 nitrogen and oxygen atoms in total. The van der Waals surface area contributed by atoms with Gasteiger partial charge in [-0.05, 0) is 54.6 Å². The maximum absolute atomic E-state index is 12.9. The van der Waals surface area contributed by atoms with Crippen molar-refractivity contribution < 1.29 is 31.1 Å². The fourth-order valence-electron chi connectivity index (χ4n) is 2.65. The van der Waals surface area contributed by atoms with Gasteiger partial charge in [0, 0.05) is 11.3 Å². The summed E-state index contributed by atoms with van der Waals surface area (Å²) >= 11 is 0. The molecule has 0 spiro atoms. The minimum atomic E-state index is -4.50. The first-order valence-corrected chi connectivity index (χ1v) is 10.7. The van der Waals surface area contributed by atoms with Gasteiger partial charge in [-0.3, -0.25) is 9.52 Å². The van der Waals surface area contributed by atoms with Crippen LogP contribution in [0, 0.1) is 0 Å². The minimum Gasteiger partial charge on any atom is -0.457 e. The summed E-state index contributed by atoms with van der Waals surface area (Å²) in [5.74, 6) is -0.350. The quantitative estimate of drug-likeness (QED) is 0.546. The van der Waals surface area contributed by atoms with E-state index in [4.69, 9.17) is 4.74 Å². The number of carbonyl (C=O) groups is 1. The van der Waals surface area contributed by atoms with Gasteiger partial charge in [-0.25, -0.2) is 8.42 Å². The normalized spacial score (nSPS) is 11.6. The first kappa shape index (κ1) is 22.2. The second-order valence-corrected chi connectivity index (χ2v) is 8.31. The largest absolute Gasteiger partial charge is 0.457 e. The molecule has 0 saturated carbocycles. The standard InChI is InChI=1S/C21H17F3N2O4S/c1-31(28,29)26-17-8-4-7-16(13-17)25-20(27)14-5-2-9-18(11-14)30-19-10-3-6-15(12-19)21(22,23)24/h2-13,26H,1H3,(H,25,27). The maximum Gasteiger partial charge on any atom is 0.416 e. The molecule has 0 aromatic heterocycles. The molecule has 0 heterocycles. The van der Waals surface area contributed by atoms with Crippen molar-refractivity contribution in [1.82, 2.24) is 0 Å². The van der Waals surface area contributed by atoms with Crippen molar-refractivity contribution >= 4 is 27.3 Å². The number of nitrogens with one attached hydrogen (secondary N) is 2. The lowest BCUT2D eigenvalue weighted by atomic mass is 10.2. The minimum absolute atomic E-state index is 0.0214. The number of amides is 1. The Hall–Kier alpha value is -3.53. The number of halogens is 3. The van der Waals surface area contributed by atoms with Crippen molar-refractivity contribution in [3.05, 3.63) is 83.9 Å². The average Bonchev–Trinajstić information content (AvgIpc) is 2.67. The SMILES string of the molecule is CS(=O)(=O)Nc1cccc(NC(=O)c2cccc(Oc3cccc(C(F)(F)F)c3)c2)c1. The van der Waals surface area contributed by atoms with Gasteiger partial charge >= 0.3 is 6.18 Å². The lowest BCUT2D eigenvalue weighted by molar-refractivity contribution is -0.137. The van der Waals surface area contributed by atoms with Crippen molar-refractivity contribution in [2.45, 2.75) is 6.18 Å². The number of rotatable bonds is 6. The van der Waals surface area contributed by atoms with Crippen LogP contribution in [0.5, 0.6) is 11.5 Å². The molecule has 0 aliphatic carbocycles. The number of ether oxygens (including phenoxy) is 1. The molecule has 3 rings (SSSR count). The van der Waals surface area contributed by atoms with Crippen LogP contribution >= 0.6 is 0 Å². The molecule has 1 amide bonds. The van der Waals surface area contributed by atoms with Crippen LogP contribution in [0.3, 0.4) is 0 Å². The molecule has 0 aliphatic heterocycles. The third-order valence-corrected chi connectivity index (χ3v) is 4.52. The van der Waals surface area contributed by atoms with Crippen molar-refractivity contribution in [3.63, 3.8) is 0 Å². The predicted octanol–water partition coefficient (Wildman–Crippen LogP) is 5.12. The molecule has 3 aromatic rings. The molecular weight excluding hydrogens is 433 g/mol. The maximum atomic E-state index is 12.9. The van der Waals surface area contributed by atoms with E-state index in [0.29, 0.717) is 5.69 Å². The molecule has 0 fully saturated rings. The molecule has 10 heteroatoms. The van der Waals surface area contributed by atoms with Gasteiger partial charge in [0.05, 0.1) is 17.5 Å². The molecule has 0 unspecified atom stereocenters. The van der Waals surface area contributed by atoms with Crippen LogP contribution in [0.25, 0.3) is 0 Å². The van der Waals surface area contributed by atoms with E-state index < -0.39 is 27.7 Å². The van der Waals surface area contributed by atoms with Gasteiger partial charge in [0.1, 0.15) is 11.5 Å². The molecule has 0 saturated heterocycles. The summed E-state index contributed by atoms with van der Waals surface area (Å²) in [6.45, 7) is 0. The zero-order valence-electron chi connectivity index (χ0n) is 16.1. The predicted molar refractivity (Wildman–Crippen MR) is 111 cm³/mol. The third-order valence-electron chi connectivity index (χ3n) is 3.92. The summed E-state index contributed by atoms with van der Waals surface area (Å²) in [5.41, 5.74) is -0.0165. The number of alkyl halides is 3. The van der Waals surface area contributed by atoms with Crippen molar-refractivity contribution in [3.8, 4) is 11.5 Å². The Labute approximate surface area is 176 Å². The van der Waals surface area contributed by atoms with E-state index in [1.165, 1.54) is 48.5 Å². The Morgan fingerprint density at radius 1 is 0.871 bits per heavy atom. The Balaban J connectivity index is 1.75. The first-order valence-electron chi connectivity index (χ1n) is 8.84. The van der Waals surface area contributed by atoms with Crippen LogP contribution in [0.4, 0.5) is 24.5 Å². The highest BCUT2D eigenvalue weighted by Crippen LogP contribution is 2.32. The summed E-state index contributed by atoms with van der Waals surface area (Å²) in [5, 5.41) is 2.63. The number of sulfonamides is 1. The van der Waals surface area contributed by atoms with E-state index in [-0.39, 0.29) is 22.7 Å². The zero-order chi connectivity index (χ0) is 22.6. The molecule has 31 heavy (non-hydrogen) atoms. The molecular formula is C21H17F3N2O4S. The van der Waals surface area contributed by atoms with Crippen LogP contribution in [-0.2, 0) is 16.2 Å². The highest BCUT2D eigenvalue weighted by molar-refractivity contribution is 7.92. The fourth-order valence-corrected chi connectivity index (χ4v) is 3.21. The molecule has 3 aromatic carbocycles. The lowest BCUT2D eigenvalue weighted by Crippen LogP contribution is -2.13. The van der Waals surface area contributed by atoms with Crippen LogP contribution in [-0.4, -0.2) is 20.6 Å². The van der Waals surface area contributed by atoms with Crippen molar-refractivity contribution in [2.24, 2.45) is 0 Å². The van der Waals surface area contributed by atoms with E-state index in [1.807, 2.05) is 0 Å². The Bertz CT molecular complexity index is 1210. The third kappa shape index (κ3) is 6.48. The highest BCUT2D eigenvalue weighted by Gasteiger charge is 2.30. The Morgan fingerprint density at radius 2 is 1.48 bits per heavy atom. The van der Waals surface area contributed by atoms with Crippen LogP contribution in [0.2, 0.25) is 0 Å². The summed E-state index contributed by atoms with van der Waals surface area (Å²) in [6.07, 6.45) is -3.49. The average molecular weight is 450 g/mol. The Morgan fingerprint density at radius 3 is 2.16 bits per heavy atom. The van der Waals surface area contributed by atoms with Gasteiger partial charge in [0.15, 0.2) is 0 Å². The van der Waals surface area contributed by atoms with Crippen molar-refractivity contribution in [2.75, 3.05) is 16.3 Å². The van der Waals surface area contributed by atoms with Gasteiger partial charge in [0.25, 0.3) is 5.91 Å². The van der Waals surface area contributed by atoms with Gasteiger partial charge in [-0.1, -0.05) is 18.2 Å². The molecule has 0 radical (unpaired) electrons. The Kier molecular flexibility index (Phi) is 6.21. The van der Waals surface area contributed by atoms with Crippen molar-refractivity contribution in [1.29, 1.82) is 0 Å². The molecule has 0 atom stereocenters. The smallest absolute Gasteiger partial charge is 0.416 e. The summed E-state index contributed by atoms with van der Waals surface area (Å²) < 4.78 is 69.0. The van der Waals surface area contributed by atoms with Crippen LogP contribution in [0.15, 0.2) is 72.8 Å². The number of hydrogen-bond donors (Lipinski definition) is 2. The highest BCUT2D eigenvalue weighted by atomic mass is 32.2. The number of hydrogen-bond acceptors (Lipinski definition) is 4. The fraction of sp³-hybridized carbons (Fsp3) is 0.0952. The van der Waals surface area contributed by atoms with E-state index in [9.17, 15) is 26.4 Å². The van der Waals surface area contributed by atoms with E-state index in [2.05, 4.69) is 10.0 Å². The van der Waals surface area contributed by atoms with Crippen LogP contribution in [0.1, 0.15) is 15.9 Å². The van der Waals surface area contributed by atoms with Gasteiger partial charge < -0.3 is 10.1 Å². The molecule has 0 bridgehead atoms. The van der Waals surface area contributed by atoms with Gasteiger partial charge in [0.2, 0.25) is 10.0 Å². The zero-order valence-corrected chi connectivity index (χ0v) is 16.9. The van der Waals surface area contributed by atoms with E-state index in [1.54, 1.807) is 12.1 Å². The second kappa shape index (κ2) is 8.68. The summed E-state index contributed by atoms with van der Waals surface area (Å²) in [6, 6.07) is 16.5. The first-order chi connectivity index (χ1) is 14.5. The van der Waals surface area contributed by atoms with Gasteiger partial charge in [-0.2, -0.15) is 13.2 Å².